The highest BCUT2D eigenvalue weighted by Gasteiger charge is 2.40. The number of halogens is 1. The van der Waals surface area contributed by atoms with E-state index in [1.165, 1.54) is 32.1 Å². The fourth-order valence-electron chi connectivity index (χ4n) is 3.24. The molecule has 1 aromatic carbocycles. The molecule has 0 amide bonds. The fourth-order valence-corrected chi connectivity index (χ4v) is 4.84. The highest BCUT2D eigenvalue weighted by atomic mass is 35.5. The van der Waals surface area contributed by atoms with Crippen LogP contribution in [-0.2, 0) is 4.74 Å². The molecule has 1 aromatic rings. The Bertz CT molecular complexity index is 459. The lowest BCUT2D eigenvalue weighted by Gasteiger charge is -2.38. The lowest BCUT2D eigenvalue weighted by atomic mass is 9.92. The summed E-state index contributed by atoms with van der Waals surface area (Å²) in [4.78, 5) is 1.15. The van der Waals surface area contributed by atoms with Gasteiger partial charge in [-0.1, -0.05) is 24.4 Å². The SMILES string of the molecule is Nc1ccc(SC2CCOC3(CCCC3)C2)c(Cl)c1. The summed E-state index contributed by atoms with van der Waals surface area (Å²) >= 11 is 8.16. The zero-order valence-corrected chi connectivity index (χ0v) is 12.6. The first kappa shape index (κ1) is 13.6. The zero-order chi connectivity index (χ0) is 13.3. The summed E-state index contributed by atoms with van der Waals surface area (Å²) < 4.78 is 6.08. The van der Waals surface area contributed by atoms with Crippen LogP contribution in [0.2, 0.25) is 5.02 Å². The maximum absolute atomic E-state index is 6.27. The predicted molar refractivity (Wildman–Crippen MR) is 81.9 cm³/mol. The number of hydrogen-bond acceptors (Lipinski definition) is 3. The van der Waals surface area contributed by atoms with Crippen LogP contribution in [0.15, 0.2) is 23.1 Å². The molecule has 1 unspecified atom stereocenters. The van der Waals surface area contributed by atoms with Gasteiger partial charge in [0, 0.05) is 22.4 Å². The predicted octanol–water partition coefficient (Wildman–Crippen LogP) is 4.51. The smallest absolute Gasteiger partial charge is 0.0693 e. The highest BCUT2D eigenvalue weighted by Crippen LogP contribution is 2.45. The number of anilines is 1. The van der Waals surface area contributed by atoms with Crippen LogP contribution in [0.5, 0.6) is 0 Å². The number of ether oxygens (including phenoxy) is 1. The molecule has 0 bridgehead atoms. The van der Waals surface area contributed by atoms with E-state index < -0.39 is 0 Å². The van der Waals surface area contributed by atoms with E-state index in [1.807, 2.05) is 30.0 Å². The van der Waals surface area contributed by atoms with Crippen molar-refractivity contribution in [2.75, 3.05) is 12.3 Å². The third kappa shape index (κ3) is 3.04. The average molecular weight is 298 g/mol. The van der Waals surface area contributed by atoms with Gasteiger partial charge < -0.3 is 10.5 Å². The lowest BCUT2D eigenvalue weighted by Crippen LogP contribution is -2.38. The summed E-state index contributed by atoms with van der Waals surface area (Å²) in [6, 6.07) is 5.81. The summed E-state index contributed by atoms with van der Waals surface area (Å²) in [6.45, 7) is 0.893. The quantitative estimate of drug-likeness (QED) is 0.816. The minimum atomic E-state index is 0.177. The summed E-state index contributed by atoms with van der Waals surface area (Å²) in [6.07, 6.45) is 7.39. The second kappa shape index (κ2) is 5.55. The first-order valence-corrected chi connectivity index (χ1v) is 8.28. The van der Waals surface area contributed by atoms with Gasteiger partial charge in [0.2, 0.25) is 0 Å². The van der Waals surface area contributed by atoms with Gasteiger partial charge in [-0.3, -0.25) is 0 Å². The van der Waals surface area contributed by atoms with E-state index in [1.54, 1.807) is 0 Å². The molecular weight excluding hydrogens is 278 g/mol. The average Bonchev–Trinajstić information content (AvgIpc) is 2.81. The largest absolute Gasteiger partial charge is 0.399 e. The Hall–Kier alpha value is -0.380. The molecular formula is C15H20ClNOS. The number of thioether (sulfide) groups is 1. The van der Waals surface area contributed by atoms with E-state index >= 15 is 0 Å². The van der Waals surface area contributed by atoms with Gasteiger partial charge in [0.15, 0.2) is 0 Å². The molecule has 2 N–H and O–H groups in total. The molecule has 3 rings (SSSR count). The Labute approximate surface area is 124 Å². The third-order valence-corrected chi connectivity index (χ3v) is 5.98. The first-order chi connectivity index (χ1) is 9.17. The topological polar surface area (TPSA) is 35.2 Å². The molecule has 1 saturated carbocycles. The van der Waals surface area contributed by atoms with Crippen molar-refractivity contribution in [1.29, 1.82) is 0 Å². The minimum Gasteiger partial charge on any atom is -0.399 e. The molecule has 1 atom stereocenters. The van der Waals surface area contributed by atoms with Crippen LogP contribution in [0.3, 0.4) is 0 Å². The van der Waals surface area contributed by atoms with Crippen molar-refractivity contribution in [2.24, 2.45) is 0 Å². The van der Waals surface area contributed by atoms with Crippen LogP contribution in [0.25, 0.3) is 0 Å². The number of nitrogen functional groups attached to an aromatic ring is 1. The molecule has 19 heavy (non-hydrogen) atoms. The molecule has 1 heterocycles. The van der Waals surface area contributed by atoms with Crippen molar-refractivity contribution in [2.45, 2.75) is 54.3 Å². The number of benzene rings is 1. The molecule has 2 fully saturated rings. The van der Waals surface area contributed by atoms with Gasteiger partial charge in [0.1, 0.15) is 0 Å². The normalized spacial score (nSPS) is 25.8. The molecule has 1 aliphatic carbocycles. The molecule has 2 aliphatic rings. The fraction of sp³-hybridized carbons (Fsp3) is 0.600. The first-order valence-electron chi connectivity index (χ1n) is 7.03. The Morgan fingerprint density at radius 3 is 2.84 bits per heavy atom. The van der Waals surface area contributed by atoms with Crippen LogP contribution in [0.4, 0.5) is 5.69 Å². The second-order valence-corrected chi connectivity index (χ2v) is 7.41. The van der Waals surface area contributed by atoms with Crippen molar-refractivity contribution in [1.82, 2.24) is 0 Å². The standard InChI is InChI=1S/C15H20ClNOS/c16-13-9-11(17)3-4-14(13)19-12-5-8-18-15(10-12)6-1-2-7-15/h3-4,9,12H,1-2,5-8,10,17H2. The van der Waals surface area contributed by atoms with Crippen LogP contribution in [0, 0.1) is 0 Å². The van der Waals surface area contributed by atoms with Gasteiger partial charge in [-0.2, -0.15) is 0 Å². The molecule has 0 aromatic heterocycles. The van der Waals surface area contributed by atoms with Crippen LogP contribution >= 0.6 is 23.4 Å². The summed E-state index contributed by atoms with van der Waals surface area (Å²) in [5.41, 5.74) is 6.65. The van der Waals surface area contributed by atoms with Gasteiger partial charge in [0.05, 0.1) is 10.6 Å². The van der Waals surface area contributed by atoms with Crippen molar-refractivity contribution in [3.8, 4) is 0 Å². The van der Waals surface area contributed by atoms with Crippen molar-refractivity contribution in [3.05, 3.63) is 23.2 Å². The molecule has 1 spiro atoms. The van der Waals surface area contributed by atoms with E-state index in [-0.39, 0.29) is 5.60 Å². The Morgan fingerprint density at radius 1 is 1.32 bits per heavy atom. The van der Waals surface area contributed by atoms with Gasteiger partial charge in [0.25, 0.3) is 0 Å². The number of nitrogens with two attached hydrogens (primary N) is 1. The van der Waals surface area contributed by atoms with Crippen LogP contribution in [0.1, 0.15) is 38.5 Å². The van der Waals surface area contributed by atoms with Gasteiger partial charge in [-0.25, -0.2) is 0 Å². The van der Waals surface area contributed by atoms with E-state index in [0.717, 1.165) is 28.6 Å². The molecule has 0 radical (unpaired) electrons. The van der Waals surface area contributed by atoms with E-state index in [4.69, 9.17) is 22.1 Å². The highest BCUT2D eigenvalue weighted by molar-refractivity contribution is 8.00. The second-order valence-electron chi connectivity index (χ2n) is 5.66. The summed E-state index contributed by atoms with van der Waals surface area (Å²) in [5, 5.41) is 1.39. The van der Waals surface area contributed by atoms with E-state index in [9.17, 15) is 0 Å². The molecule has 1 saturated heterocycles. The van der Waals surface area contributed by atoms with E-state index in [2.05, 4.69) is 0 Å². The minimum absolute atomic E-state index is 0.177. The Balaban J connectivity index is 1.69. The van der Waals surface area contributed by atoms with Gasteiger partial charge in [-0.15, -0.1) is 11.8 Å². The number of hydrogen-bond donors (Lipinski definition) is 1. The third-order valence-electron chi connectivity index (χ3n) is 4.21. The summed E-state index contributed by atoms with van der Waals surface area (Å²) in [7, 11) is 0. The van der Waals surface area contributed by atoms with Crippen LogP contribution < -0.4 is 5.73 Å². The molecule has 2 nitrogen and oxygen atoms in total. The van der Waals surface area contributed by atoms with Crippen molar-refractivity contribution >= 4 is 29.1 Å². The van der Waals surface area contributed by atoms with Gasteiger partial charge in [-0.05, 0) is 43.9 Å². The maximum Gasteiger partial charge on any atom is 0.0693 e. The molecule has 4 heteroatoms. The van der Waals surface area contributed by atoms with Crippen molar-refractivity contribution < 1.29 is 4.74 Å². The van der Waals surface area contributed by atoms with Crippen molar-refractivity contribution in [3.63, 3.8) is 0 Å². The van der Waals surface area contributed by atoms with E-state index in [0.29, 0.717) is 5.25 Å². The summed E-state index contributed by atoms with van der Waals surface area (Å²) in [5.74, 6) is 0. The molecule has 1 aliphatic heterocycles. The monoisotopic (exact) mass is 297 g/mol. The Morgan fingerprint density at radius 2 is 2.11 bits per heavy atom. The van der Waals surface area contributed by atoms with Gasteiger partial charge >= 0.3 is 0 Å². The lowest BCUT2D eigenvalue weighted by molar-refractivity contribution is -0.0703. The molecule has 104 valence electrons. The Kier molecular flexibility index (Phi) is 3.97. The maximum atomic E-state index is 6.27. The number of rotatable bonds is 2. The van der Waals surface area contributed by atoms with Crippen LogP contribution in [-0.4, -0.2) is 17.5 Å². The zero-order valence-electron chi connectivity index (χ0n) is 11.0.